The Morgan fingerprint density at radius 2 is 2.22 bits per heavy atom. The summed E-state index contributed by atoms with van der Waals surface area (Å²) in [6.45, 7) is 4.81. The van der Waals surface area contributed by atoms with E-state index < -0.39 is 0 Å². The van der Waals surface area contributed by atoms with Gasteiger partial charge in [-0.25, -0.2) is 0 Å². The van der Waals surface area contributed by atoms with Crippen LogP contribution in [-0.2, 0) is 4.79 Å². The van der Waals surface area contributed by atoms with E-state index in [0.717, 1.165) is 32.2 Å². The quantitative estimate of drug-likeness (QED) is 0.653. The third-order valence-electron chi connectivity index (χ3n) is 3.62. The topological polar surface area (TPSA) is 55.1 Å². The summed E-state index contributed by atoms with van der Waals surface area (Å²) in [6.07, 6.45) is 10.1. The Bertz CT molecular complexity index is 284. The molecule has 3 N–H and O–H groups in total. The molecular weight excluding hydrogens is 224 g/mol. The first kappa shape index (κ1) is 15.2. The molecule has 2 unspecified atom stereocenters. The molecule has 0 saturated carbocycles. The SMILES string of the molecule is CC(N)CCCC(C)C(=O)NCCC1=CCCC1. The van der Waals surface area contributed by atoms with Crippen LogP contribution in [0.1, 0.15) is 58.8 Å². The van der Waals surface area contributed by atoms with Crippen molar-refractivity contribution in [1.82, 2.24) is 5.32 Å². The molecular formula is C15H28N2O. The van der Waals surface area contributed by atoms with E-state index in [2.05, 4.69) is 11.4 Å². The van der Waals surface area contributed by atoms with E-state index in [-0.39, 0.29) is 17.9 Å². The van der Waals surface area contributed by atoms with Crippen LogP contribution in [0.15, 0.2) is 11.6 Å². The predicted octanol–water partition coefficient (Wildman–Crippen LogP) is 2.76. The number of nitrogens with one attached hydrogen (secondary N) is 1. The van der Waals surface area contributed by atoms with Crippen molar-refractivity contribution in [3.63, 3.8) is 0 Å². The molecule has 3 heteroatoms. The molecule has 104 valence electrons. The largest absolute Gasteiger partial charge is 0.356 e. The normalized spacial score (nSPS) is 18.3. The molecule has 1 rings (SSSR count). The Kier molecular flexibility index (Phi) is 7.02. The van der Waals surface area contributed by atoms with E-state index >= 15 is 0 Å². The molecule has 0 saturated heterocycles. The lowest BCUT2D eigenvalue weighted by molar-refractivity contribution is -0.124. The van der Waals surface area contributed by atoms with Crippen LogP contribution in [-0.4, -0.2) is 18.5 Å². The van der Waals surface area contributed by atoms with E-state index in [1.54, 1.807) is 0 Å². The summed E-state index contributed by atoms with van der Waals surface area (Å²) in [5.41, 5.74) is 7.21. The monoisotopic (exact) mass is 252 g/mol. The zero-order chi connectivity index (χ0) is 13.4. The van der Waals surface area contributed by atoms with Gasteiger partial charge in [-0.1, -0.05) is 25.0 Å². The minimum Gasteiger partial charge on any atom is -0.356 e. The lowest BCUT2D eigenvalue weighted by atomic mass is 10.0. The van der Waals surface area contributed by atoms with Gasteiger partial charge in [0, 0.05) is 18.5 Å². The number of nitrogens with two attached hydrogens (primary N) is 1. The second-order valence-corrected chi connectivity index (χ2v) is 5.60. The molecule has 0 aromatic carbocycles. The minimum absolute atomic E-state index is 0.112. The van der Waals surface area contributed by atoms with E-state index in [1.807, 2.05) is 13.8 Å². The summed E-state index contributed by atoms with van der Waals surface area (Å²) in [5.74, 6) is 0.305. The Morgan fingerprint density at radius 3 is 2.83 bits per heavy atom. The highest BCUT2D eigenvalue weighted by atomic mass is 16.1. The fraction of sp³-hybridized carbons (Fsp3) is 0.800. The fourth-order valence-corrected chi connectivity index (χ4v) is 2.36. The molecule has 0 aliphatic heterocycles. The van der Waals surface area contributed by atoms with E-state index in [9.17, 15) is 4.79 Å². The average molecular weight is 252 g/mol. The van der Waals surface area contributed by atoms with Crippen molar-refractivity contribution >= 4 is 5.91 Å². The van der Waals surface area contributed by atoms with Gasteiger partial charge in [0.2, 0.25) is 5.91 Å². The number of hydrogen-bond donors (Lipinski definition) is 2. The number of allylic oxidation sites excluding steroid dienone is 1. The summed E-state index contributed by atoms with van der Waals surface area (Å²) in [7, 11) is 0. The van der Waals surface area contributed by atoms with Crippen LogP contribution in [0.4, 0.5) is 0 Å². The first-order valence-corrected chi connectivity index (χ1v) is 7.30. The third-order valence-corrected chi connectivity index (χ3v) is 3.62. The maximum Gasteiger partial charge on any atom is 0.222 e. The van der Waals surface area contributed by atoms with Crippen LogP contribution >= 0.6 is 0 Å². The van der Waals surface area contributed by atoms with Gasteiger partial charge in [-0.3, -0.25) is 4.79 Å². The molecule has 0 fully saturated rings. The maximum atomic E-state index is 11.8. The van der Waals surface area contributed by atoms with Gasteiger partial charge < -0.3 is 11.1 Å². The average Bonchev–Trinajstić information content (AvgIpc) is 2.81. The van der Waals surface area contributed by atoms with Gasteiger partial charge in [0.05, 0.1) is 0 Å². The summed E-state index contributed by atoms with van der Waals surface area (Å²) < 4.78 is 0. The van der Waals surface area contributed by atoms with Crippen molar-refractivity contribution in [2.75, 3.05) is 6.54 Å². The van der Waals surface area contributed by atoms with Gasteiger partial charge in [-0.2, -0.15) is 0 Å². The Hall–Kier alpha value is -0.830. The zero-order valence-electron chi connectivity index (χ0n) is 11.9. The number of rotatable bonds is 8. The second-order valence-electron chi connectivity index (χ2n) is 5.60. The fourth-order valence-electron chi connectivity index (χ4n) is 2.36. The van der Waals surface area contributed by atoms with Crippen LogP contribution < -0.4 is 11.1 Å². The number of carbonyl (C=O) groups excluding carboxylic acids is 1. The summed E-state index contributed by atoms with van der Waals surface area (Å²) in [6, 6.07) is 0.245. The van der Waals surface area contributed by atoms with E-state index in [0.29, 0.717) is 0 Å². The number of carbonyl (C=O) groups is 1. The van der Waals surface area contributed by atoms with Crippen molar-refractivity contribution in [2.24, 2.45) is 11.7 Å². The molecule has 2 atom stereocenters. The predicted molar refractivity (Wildman–Crippen MR) is 76.2 cm³/mol. The highest BCUT2D eigenvalue weighted by Crippen LogP contribution is 2.19. The van der Waals surface area contributed by atoms with E-state index in [4.69, 9.17) is 5.73 Å². The van der Waals surface area contributed by atoms with Crippen LogP contribution in [0.5, 0.6) is 0 Å². The zero-order valence-corrected chi connectivity index (χ0v) is 11.9. The molecule has 0 bridgehead atoms. The van der Waals surface area contributed by atoms with Crippen molar-refractivity contribution in [3.05, 3.63) is 11.6 Å². The Morgan fingerprint density at radius 1 is 1.44 bits per heavy atom. The Balaban J connectivity index is 2.07. The first-order valence-electron chi connectivity index (χ1n) is 7.30. The van der Waals surface area contributed by atoms with Crippen LogP contribution in [0.2, 0.25) is 0 Å². The van der Waals surface area contributed by atoms with Crippen molar-refractivity contribution < 1.29 is 4.79 Å². The molecule has 0 heterocycles. The van der Waals surface area contributed by atoms with Gasteiger partial charge in [0.15, 0.2) is 0 Å². The van der Waals surface area contributed by atoms with Crippen LogP contribution in [0, 0.1) is 5.92 Å². The summed E-state index contributed by atoms with van der Waals surface area (Å²) in [5, 5.41) is 3.04. The van der Waals surface area contributed by atoms with E-state index in [1.165, 1.54) is 24.8 Å². The van der Waals surface area contributed by atoms with Crippen molar-refractivity contribution in [2.45, 2.75) is 64.8 Å². The second kappa shape index (κ2) is 8.30. The van der Waals surface area contributed by atoms with Crippen molar-refractivity contribution in [1.29, 1.82) is 0 Å². The lowest BCUT2D eigenvalue weighted by Gasteiger charge is -2.13. The minimum atomic E-state index is 0.112. The smallest absolute Gasteiger partial charge is 0.222 e. The lowest BCUT2D eigenvalue weighted by Crippen LogP contribution is -2.30. The molecule has 1 aliphatic rings. The number of hydrogen-bond acceptors (Lipinski definition) is 2. The number of amides is 1. The van der Waals surface area contributed by atoms with Crippen molar-refractivity contribution in [3.8, 4) is 0 Å². The molecule has 0 aromatic heterocycles. The maximum absolute atomic E-state index is 11.8. The molecule has 3 nitrogen and oxygen atoms in total. The van der Waals surface area contributed by atoms with Gasteiger partial charge in [0.1, 0.15) is 0 Å². The van der Waals surface area contributed by atoms with Crippen LogP contribution in [0.25, 0.3) is 0 Å². The summed E-state index contributed by atoms with van der Waals surface area (Å²) in [4.78, 5) is 11.8. The molecule has 0 radical (unpaired) electrons. The standard InChI is InChI=1S/C15H28N2O/c1-12(6-5-7-13(2)16)15(18)17-11-10-14-8-3-4-9-14/h8,12-13H,3-7,9-11,16H2,1-2H3,(H,17,18). The highest BCUT2D eigenvalue weighted by Gasteiger charge is 2.12. The molecule has 1 aliphatic carbocycles. The van der Waals surface area contributed by atoms with Gasteiger partial charge in [0.25, 0.3) is 0 Å². The molecule has 1 amide bonds. The van der Waals surface area contributed by atoms with Gasteiger partial charge >= 0.3 is 0 Å². The molecule has 18 heavy (non-hydrogen) atoms. The Labute approximate surface area is 111 Å². The third kappa shape index (κ3) is 6.20. The summed E-state index contributed by atoms with van der Waals surface area (Å²) >= 11 is 0. The highest BCUT2D eigenvalue weighted by molar-refractivity contribution is 5.78. The first-order chi connectivity index (χ1) is 8.59. The van der Waals surface area contributed by atoms with Crippen LogP contribution in [0.3, 0.4) is 0 Å². The molecule has 0 spiro atoms. The molecule has 0 aromatic rings. The van der Waals surface area contributed by atoms with Gasteiger partial charge in [-0.15, -0.1) is 0 Å². The van der Waals surface area contributed by atoms with Gasteiger partial charge in [-0.05, 0) is 45.4 Å².